The molecule has 116 valence electrons. The topological polar surface area (TPSA) is 81.9 Å². The van der Waals surface area contributed by atoms with Crippen LogP contribution in [0.2, 0.25) is 0 Å². The summed E-state index contributed by atoms with van der Waals surface area (Å²) >= 11 is 0. The zero-order chi connectivity index (χ0) is 15.5. The number of rotatable bonds is 5. The van der Waals surface area contributed by atoms with Crippen LogP contribution in [0.1, 0.15) is 30.4 Å². The highest BCUT2D eigenvalue weighted by atomic mass is 16.5. The molecule has 1 aliphatic rings. The first-order chi connectivity index (χ1) is 10.7. The van der Waals surface area contributed by atoms with Gasteiger partial charge in [0.2, 0.25) is 5.82 Å². The van der Waals surface area contributed by atoms with Crippen molar-refractivity contribution < 1.29 is 9.53 Å². The third-order valence-electron chi connectivity index (χ3n) is 3.77. The third-order valence-corrected chi connectivity index (χ3v) is 3.77. The summed E-state index contributed by atoms with van der Waals surface area (Å²) in [5, 5.41) is 2.94. The maximum atomic E-state index is 12.2. The molecular formula is C15H19N5O2. The van der Waals surface area contributed by atoms with Gasteiger partial charge in [0.25, 0.3) is 5.91 Å². The second kappa shape index (κ2) is 6.23. The molecule has 0 bridgehead atoms. The molecule has 7 nitrogen and oxygen atoms in total. The van der Waals surface area contributed by atoms with E-state index in [0.29, 0.717) is 12.3 Å². The van der Waals surface area contributed by atoms with Gasteiger partial charge in [-0.05, 0) is 25.8 Å². The van der Waals surface area contributed by atoms with Crippen LogP contribution in [-0.4, -0.2) is 44.2 Å². The first-order valence-electron chi connectivity index (χ1n) is 7.39. The van der Waals surface area contributed by atoms with Gasteiger partial charge in [0.15, 0.2) is 0 Å². The zero-order valence-corrected chi connectivity index (χ0v) is 12.7. The Bertz CT molecular complexity index is 663. The van der Waals surface area contributed by atoms with Crippen LogP contribution in [-0.2, 0) is 11.8 Å². The molecule has 0 aromatic carbocycles. The lowest BCUT2D eigenvalue weighted by Crippen LogP contribution is -2.48. The van der Waals surface area contributed by atoms with Gasteiger partial charge in [-0.15, -0.1) is 0 Å². The van der Waals surface area contributed by atoms with Gasteiger partial charge in [0, 0.05) is 25.9 Å². The second-order valence-corrected chi connectivity index (χ2v) is 5.37. The largest absolute Gasteiger partial charge is 0.378 e. The lowest BCUT2D eigenvalue weighted by atomic mass is 9.89. The normalized spacial score (nSPS) is 20.5. The summed E-state index contributed by atoms with van der Waals surface area (Å²) in [4.78, 5) is 24.7. The molecule has 0 unspecified atom stereocenters. The maximum Gasteiger partial charge on any atom is 0.289 e. The van der Waals surface area contributed by atoms with Crippen molar-refractivity contribution in [1.29, 1.82) is 0 Å². The van der Waals surface area contributed by atoms with Crippen molar-refractivity contribution in [3.63, 3.8) is 0 Å². The van der Waals surface area contributed by atoms with E-state index in [-0.39, 0.29) is 23.9 Å². The Morgan fingerprint density at radius 2 is 2.32 bits per heavy atom. The number of ether oxygens (including phenoxy) is 1. The van der Waals surface area contributed by atoms with E-state index in [1.54, 1.807) is 24.8 Å². The lowest BCUT2D eigenvalue weighted by Gasteiger charge is -2.35. The Morgan fingerprint density at radius 3 is 3.00 bits per heavy atom. The number of carbonyl (C=O) groups excluding carboxylic acids is 1. The first-order valence-corrected chi connectivity index (χ1v) is 7.39. The minimum Gasteiger partial charge on any atom is -0.378 e. The molecule has 7 heteroatoms. The Morgan fingerprint density at radius 1 is 1.50 bits per heavy atom. The molecule has 1 fully saturated rings. The standard InChI is InChI=1S/C15H19N5O2/c1-3-22-11-6-10(7-11)18-15(21)14-17-5-4-12(19-14)13-8-16-9-20(13)2/h4-5,8-11H,3,6-7H2,1-2H3,(H,18,21). The monoisotopic (exact) mass is 301 g/mol. The smallest absolute Gasteiger partial charge is 0.289 e. The van der Waals surface area contributed by atoms with Gasteiger partial charge in [-0.25, -0.2) is 15.0 Å². The van der Waals surface area contributed by atoms with E-state index in [4.69, 9.17) is 4.74 Å². The summed E-state index contributed by atoms with van der Waals surface area (Å²) in [5.41, 5.74) is 1.53. The van der Waals surface area contributed by atoms with Gasteiger partial charge >= 0.3 is 0 Å². The van der Waals surface area contributed by atoms with E-state index in [1.165, 1.54) is 0 Å². The predicted octanol–water partition coefficient (Wildman–Crippen LogP) is 1.17. The fraction of sp³-hybridized carbons (Fsp3) is 0.467. The van der Waals surface area contributed by atoms with Crippen LogP contribution in [0.15, 0.2) is 24.8 Å². The van der Waals surface area contributed by atoms with Gasteiger partial charge in [-0.1, -0.05) is 0 Å². The van der Waals surface area contributed by atoms with E-state index in [2.05, 4.69) is 20.3 Å². The van der Waals surface area contributed by atoms with Crippen molar-refractivity contribution in [2.24, 2.45) is 7.05 Å². The Labute approximate surface area is 128 Å². The Hall–Kier alpha value is -2.28. The molecule has 1 N–H and O–H groups in total. The molecule has 2 aromatic rings. The highest BCUT2D eigenvalue weighted by Gasteiger charge is 2.31. The fourth-order valence-corrected chi connectivity index (χ4v) is 2.52. The molecule has 0 aliphatic heterocycles. The molecule has 2 aromatic heterocycles. The average molecular weight is 301 g/mol. The summed E-state index contributed by atoms with van der Waals surface area (Å²) in [6, 6.07) is 1.91. The minimum absolute atomic E-state index is 0.146. The van der Waals surface area contributed by atoms with Gasteiger partial charge in [0.1, 0.15) is 0 Å². The van der Waals surface area contributed by atoms with Crippen LogP contribution in [0.4, 0.5) is 0 Å². The van der Waals surface area contributed by atoms with E-state index in [9.17, 15) is 4.79 Å². The number of nitrogens with one attached hydrogen (secondary N) is 1. The minimum atomic E-state index is -0.246. The summed E-state index contributed by atoms with van der Waals surface area (Å²) in [7, 11) is 1.88. The summed E-state index contributed by atoms with van der Waals surface area (Å²) in [6.07, 6.45) is 6.95. The lowest BCUT2D eigenvalue weighted by molar-refractivity contribution is -0.00871. The first kappa shape index (κ1) is 14.6. The molecule has 1 saturated carbocycles. The number of aromatic nitrogens is 4. The molecule has 22 heavy (non-hydrogen) atoms. The second-order valence-electron chi connectivity index (χ2n) is 5.37. The molecular weight excluding hydrogens is 282 g/mol. The van der Waals surface area contributed by atoms with Gasteiger partial charge in [-0.2, -0.15) is 0 Å². The SMILES string of the molecule is CCOC1CC(NC(=O)c2nccc(-c3cncn3C)n2)C1. The molecule has 1 aliphatic carbocycles. The molecule has 0 atom stereocenters. The van der Waals surface area contributed by atoms with E-state index < -0.39 is 0 Å². The molecule has 0 saturated heterocycles. The molecule has 3 rings (SSSR count). The zero-order valence-electron chi connectivity index (χ0n) is 12.7. The molecule has 1 amide bonds. The average Bonchev–Trinajstić information content (AvgIpc) is 2.91. The van der Waals surface area contributed by atoms with Crippen molar-refractivity contribution >= 4 is 5.91 Å². The maximum absolute atomic E-state index is 12.2. The van der Waals surface area contributed by atoms with Gasteiger partial charge in [-0.3, -0.25) is 4.79 Å². The van der Waals surface area contributed by atoms with Crippen LogP contribution in [0.3, 0.4) is 0 Å². The molecule has 0 spiro atoms. The van der Waals surface area contributed by atoms with Crippen LogP contribution in [0.5, 0.6) is 0 Å². The number of hydrogen-bond donors (Lipinski definition) is 1. The summed E-state index contributed by atoms with van der Waals surface area (Å²) in [5.74, 6) is -0.0671. The predicted molar refractivity (Wildman–Crippen MR) is 80.1 cm³/mol. The van der Waals surface area contributed by atoms with E-state index in [1.807, 2.05) is 18.5 Å². The van der Waals surface area contributed by atoms with Crippen LogP contribution in [0.25, 0.3) is 11.4 Å². The van der Waals surface area contributed by atoms with Crippen LogP contribution in [0, 0.1) is 0 Å². The van der Waals surface area contributed by atoms with Crippen LogP contribution >= 0.6 is 0 Å². The van der Waals surface area contributed by atoms with Crippen molar-refractivity contribution in [3.05, 3.63) is 30.6 Å². The highest BCUT2D eigenvalue weighted by molar-refractivity contribution is 5.91. The van der Waals surface area contributed by atoms with Crippen molar-refractivity contribution in [1.82, 2.24) is 24.8 Å². The number of carbonyl (C=O) groups is 1. The van der Waals surface area contributed by atoms with Gasteiger partial charge < -0.3 is 14.6 Å². The van der Waals surface area contributed by atoms with Crippen LogP contribution < -0.4 is 5.32 Å². The number of aryl methyl sites for hydroxylation is 1. The number of imidazole rings is 1. The van der Waals surface area contributed by atoms with Crippen molar-refractivity contribution in [3.8, 4) is 11.4 Å². The number of amides is 1. The Balaban J connectivity index is 1.65. The van der Waals surface area contributed by atoms with E-state index >= 15 is 0 Å². The third kappa shape index (κ3) is 2.99. The van der Waals surface area contributed by atoms with Gasteiger partial charge in [0.05, 0.1) is 30.0 Å². The fourth-order valence-electron chi connectivity index (χ4n) is 2.52. The highest BCUT2D eigenvalue weighted by Crippen LogP contribution is 2.23. The quantitative estimate of drug-likeness (QED) is 0.896. The molecule has 2 heterocycles. The van der Waals surface area contributed by atoms with Crippen molar-refractivity contribution in [2.75, 3.05) is 6.61 Å². The molecule has 0 radical (unpaired) electrons. The summed E-state index contributed by atoms with van der Waals surface area (Å²) < 4.78 is 7.33. The van der Waals surface area contributed by atoms with Crippen molar-refractivity contribution in [2.45, 2.75) is 31.9 Å². The van der Waals surface area contributed by atoms with E-state index in [0.717, 1.165) is 18.5 Å². The Kier molecular flexibility index (Phi) is 4.15. The summed E-state index contributed by atoms with van der Waals surface area (Å²) in [6.45, 7) is 2.69. The number of hydrogen-bond acceptors (Lipinski definition) is 5. The number of nitrogens with zero attached hydrogens (tertiary/aromatic N) is 4.